The van der Waals surface area contributed by atoms with Gasteiger partial charge in [-0.2, -0.15) is 0 Å². The van der Waals surface area contributed by atoms with Crippen molar-refractivity contribution in [1.82, 2.24) is 0 Å². The molecule has 4 N–H and O–H groups in total. The summed E-state index contributed by atoms with van der Waals surface area (Å²) >= 11 is 0. The van der Waals surface area contributed by atoms with Gasteiger partial charge in [-0.05, 0) is 23.3 Å². The normalized spacial score (nSPS) is 10.9. The maximum atomic E-state index is 12.1. The van der Waals surface area contributed by atoms with Crippen LogP contribution in [0, 0.1) is 0 Å². The monoisotopic (exact) mass is 446 g/mol. The van der Waals surface area contributed by atoms with E-state index in [0.717, 1.165) is 24.3 Å². The first-order valence-corrected chi connectivity index (χ1v) is 9.36. The first kappa shape index (κ1) is 21.3. The van der Waals surface area contributed by atoms with Gasteiger partial charge in [0.15, 0.2) is 5.43 Å². The van der Waals surface area contributed by atoms with Crippen LogP contribution in [0.1, 0.15) is 42.2 Å². The Balaban J connectivity index is 2.29. The molecule has 1 heterocycles. The van der Waals surface area contributed by atoms with Crippen LogP contribution in [0.25, 0.3) is 27.9 Å². The summed E-state index contributed by atoms with van der Waals surface area (Å²) in [5, 5.41) is 39.1. The Bertz CT molecular complexity index is 1540. The molecule has 0 saturated carbocycles. The Morgan fingerprint density at radius 3 is 2.00 bits per heavy atom. The van der Waals surface area contributed by atoms with E-state index in [1.165, 1.54) is 18.2 Å². The molecule has 0 fully saturated rings. The molecule has 0 amide bonds. The minimum atomic E-state index is -1.48. The molecule has 1 aliphatic heterocycles. The number of hydrogen-bond donors (Lipinski definition) is 4. The molecule has 2 aliphatic rings. The minimum absolute atomic E-state index is 0.00635. The second-order valence-corrected chi connectivity index (χ2v) is 7.13. The lowest BCUT2D eigenvalue weighted by molar-refractivity contribution is 0.0685. The van der Waals surface area contributed by atoms with Crippen LogP contribution in [-0.2, 0) is 0 Å². The summed E-state index contributed by atoms with van der Waals surface area (Å²) in [6.07, 6.45) is 0. The van der Waals surface area contributed by atoms with E-state index in [1.807, 2.05) is 0 Å². The highest BCUT2D eigenvalue weighted by atomic mass is 16.4. The van der Waals surface area contributed by atoms with E-state index in [-0.39, 0.29) is 44.6 Å². The van der Waals surface area contributed by atoms with Crippen LogP contribution >= 0.6 is 0 Å². The van der Waals surface area contributed by atoms with Crippen molar-refractivity contribution in [3.8, 4) is 17.1 Å². The lowest BCUT2D eigenvalue weighted by Gasteiger charge is -2.20. The van der Waals surface area contributed by atoms with E-state index >= 15 is 0 Å². The molecule has 33 heavy (non-hydrogen) atoms. The van der Waals surface area contributed by atoms with Crippen LogP contribution in [-0.4, -0.2) is 38.3 Å². The van der Waals surface area contributed by atoms with E-state index in [1.54, 1.807) is 6.07 Å². The first-order valence-electron chi connectivity index (χ1n) is 9.36. The number of benzene rings is 3. The molecule has 0 atom stereocenters. The number of carbonyl (C=O) groups is 3. The molecule has 9 nitrogen and oxygen atoms in total. The van der Waals surface area contributed by atoms with Gasteiger partial charge in [0.05, 0.1) is 16.7 Å². The number of fused-ring (bicyclic) bond motifs is 2. The molecule has 0 aromatic heterocycles. The third-order valence-electron chi connectivity index (χ3n) is 5.13. The SMILES string of the molecule is C=C(c1ccccc1C(=O)O)c1c2c(C(=O)O)cc(=O)cc-2oc2cc(O)cc(C(=O)O)c12. The zero-order valence-electron chi connectivity index (χ0n) is 16.7. The van der Waals surface area contributed by atoms with E-state index in [4.69, 9.17) is 4.42 Å². The zero-order chi connectivity index (χ0) is 24.0. The summed E-state index contributed by atoms with van der Waals surface area (Å²) in [7, 11) is 0. The van der Waals surface area contributed by atoms with Crippen molar-refractivity contribution >= 4 is 34.5 Å². The maximum Gasteiger partial charge on any atom is 0.336 e. The van der Waals surface area contributed by atoms with Crippen LogP contribution in [0.4, 0.5) is 0 Å². The fourth-order valence-corrected chi connectivity index (χ4v) is 3.82. The predicted molar refractivity (Wildman–Crippen MR) is 116 cm³/mol. The van der Waals surface area contributed by atoms with Gasteiger partial charge < -0.3 is 24.8 Å². The van der Waals surface area contributed by atoms with Gasteiger partial charge in [0, 0.05) is 34.7 Å². The van der Waals surface area contributed by atoms with E-state index < -0.39 is 40.2 Å². The molecular weight excluding hydrogens is 432 g/mol. The van der Waals surface area contributed by atoms with Gasteiger partial charge >= 0.3 is 17.9 Å². The molecule has 2 aromatic carbocycles. The van der Waals surface area contributed by atoms with Gasteiger partial charge in [-0.15, -0.1) is 0 Å². The topological polar surface area (TPSA) is 162 Å². The van der Waals surface area contributed by atoms with Crippen molar-refractivity contribution in [1.29, 1.82) is 0 Å². The third kappa shape index (κ3) is 3.47. The fraction of sp³-hybridized carbons (Fsp3) is 0. The van der Waals surface area contributed by atoms with Gasteiger partial charge in [-0.3, -0.25) is 4.79 Å². The molecule has 0 spiro atoms. The average molecular weight is 446 g/mol. The Morgan fingerprint density at radius 1 is 0.788 bits per heavy atom. The standard InChI is InChI=1S/C24H14O9/c1-10(13-4-2-3-5-14(13)22(27)28)19-20-15(23(29)30)6-11(25)8-17(20)33-18-9-12(26)7-16(21(18)19)24(31)32/h2-9,25H,1H2,(H,27,28)(H,29,30)(H,31,32). The van der Waals surface area contributed by atoms with E-state index in [9.17, 15) is 39.6 Å². The molecule has 1 aliphatic carbocycles. The first-order chi connectivity index (χ1) is 15.6. The summed E-state index contributed by atoms with van der Waals surface area (Å²) in [6.45, 7) is 3.95. The number of phenolic OH excluding ortho intramolecular Hbond substituents is 1. The average Bonchev–Trinajstić information content (AvgIpc) is 2.75. The molecular formula is C24H14O9. The number of rotatable bonds is 5. The van der Waals surface area contributed by atoms with Crippen LogP contribution in [0.3, 0.4) is 0 Å². The Hall–Kier alpha value is -4.92. The van der Waals surface area contributed by atoms with Crippen molar-refractivity contribution in [2.45, 2.75) is 0 Å². The zero-order valence-corrected chi connectivity index (χ0v) is 16.7. The molecule has 9 heteroatoms. The quantitative estimate of drug-likeness (QED) is 0.334. The number of aromatic carboxylic acids is 3. The lowest BCUT2D eigenvalue weighted by atomic mass is 9.85. The Labute approximate surface area is 184 Å². The Morgan fingerprint density at radius 2 is 1.39 bits per heavy atom. The molecule has 164 valence electrons. The number of carboxylic acid groups (broad SMARTS) is 3. The smallest absolute Gasteiger partial charge is 0.336 e. The number of phenols is 1. The molecule has 0 unspecified atom stereocenters. The number of aromatic hydroxyl groups is 1. The largest absolute Gasteiger partial charge is 0.508 e. The van der Waals surface area contributed by atoms with Gasteiger partial charge in [-0.1, -0.05) is 24.8 Å². The highest BCUT2D eigenvalue weighted by Crippen LogP contribution is 2.43. The Kier molecular flexibility index (Phi) is 4.94. The van der Waals surface area contributed by atoms with Gasteiger partial charge in [0.25, 0.3) is 0 Å². The highest BCUT2D eigenvalue weighted by molar-refractivity contribution is 6.14. The van der Waals surface area contributed by atoms with Gasteiger partial charge in [0.2, 0.25) is 0 Å². The molecule has 0 bridgehead atoms. The van der Waals surface area contributed by atoms with Crippen LogP contribution < -0.4 is 5.43 Å². The summed E-state index contributed by atoms with van der Waals surface area (Å²) in [4.78, 5) is 47.9. The highest BCUT2D eigenvalue weighted by Gasteiger charge is 2.29. The van der Waals surface area contributed by atoms with Gasteiger partial charge in [-0.25, -0.2) is 14.4 Å². The number of carboxylic acids is 3. The van der Waals surface area contributed by atoms with E-state index in [0.29, 0.717) is 0 Å². The molecule has 0 radical (unpaired) electrons. The second kappa shape index (κ2) is 7.65. The van der Waals surface area contributed by atoms with Crippen molar-refractivity contribution in [2.75, 3.05) is 0 Å². The van der Waals surface area contributed by atoms with Crippen molar-refractivity contribution < 1.29 is 39.2 Å². The molecule has 0 saturated heterocycles. The molecule has 2 aromatic rings. The maximum absolute atomic E-state index is 12.1. The van der Waals surface area contributed by atoms with Crippen LogP contribution in [0.2, 0.25) is 0 Å². The third-order valence-corrected chi connectivity index (χ3v) is 5.13. The summed E-state index contributed by atoms with van der Waals surface area (Å²) < 4.78 is 5.65. The summed E-state index contributed by atoms with van der Waals surface area (Å²) in [5.41, 5.74) is -1.98. The van der Waals surface area contributed by atoms with Crippen molar-refractivity contribution in [3.63, 3.8) is 0 Å². The molecule has 4 rings (SSSR count). The fourth-order valence-electron chi connectivity index (χ4n) is 3.82. The summed E-state index contributed by atoms with van der Waals surface area (Å²) in [6, 6.07) is 9.73. The summed E-state index contributed by atoms with van der Waals surface area (Å²) in [5.74, 6) is -4.86. The van der Waals surface area contributed by atoms with Crippen LogP contribution in [0.15, 0.2) is 64.3 Å². The predicted octanol–water partition coefficient (Wildman–Crippen LogP) is 3.76. The minimum Gasteiger partial charge on any atom is -0.508 e. The van der Waals surface area contributed by atoms with Crippen LogP contribution in [0.5, 0.6) is 5.75 Å². The second-order valence-electron chi connectivity index (χ2n) is 7.13. The van der Waals surface area contributed by atoms with E-state index in [2.05, 4.69) is 6.58 Å². The number of hydrogen-bond acceptors (Lipinski definition) is 6. The van der Waals surface area contributed by atoms with Crippen molar-refractivity contribution in [2.24, 2.45) is 0 Å². The lowest BCUT2D eigenvalue weighted by Crippen LogP contribution is -2.12. The van der Waals surface area contributed by atoms with Crippen molar-refractivity contribution in [3.05, 3.63) is 93.2 Å². The van der Waals surface area contributed by atoms with Gasteiger partial charge in [0.1, 0.15) is 17.1 Å².